The van der Waals surface area contributed by atoms with Crippen LogP contribution in [-0.4, -0.2) is 33.2 Å². The number of pyridine rings is 2. The van der Waals surface area contributed by atoms with Gasteiger partial charge in [0.1, 0.15) is 5.15 Å². The zero-order valence-corrected chi connectivity index (χ0v) is 18.0. The van der Waals surface area contributed by atoms with Crippen molar-refractivity contribution in [3.8, 4) is 11.3 Å². The lowest BCUT2D eigenvalue weighted by atomic mass is 9.86. The van der Waals surface area contributed by atoms with E-state index in [-0.39, 0.29) is 33.6 Å². The van der Waals surface area contributed by atoms with E-state index in [9.17, 15) is 9.59 Å². The predicted octanol–water partition coefficient (Wildman–Crippen LogP) is 4.08. The van der Waals surface area contributed by atoms with Gasteiger partial charge in [0, 0.05) is 35.6 Å². The molecule has 1 amide bonds. The molecule has 0 bridgehead atoms. The quantitative estimate of drug-likeness (QED) is 0.411. The Hall–Kier alpha value is -3.26. The largest absolute Gasteiger partial charge is 0.357 e. The zero-order chi connectivity index (χ0) is 22.2. The van der Waals surface area contributed by atoms with Crippen molar-refractivity contribution in [2.45, 2.75) is 38.0 Å². The molecule has 1 fully saturated rings. The number of nitrogens with zero attached hydrogens (tertiary/aromatic N) is 2. The third kappa shape index (κ3) is 2.72. The van der Waals surface area contributed by atoms with Crippen LogP contribution in [-0.2, 0) is 18.3 Å². The van der Waals surface area contributed by atoms with Crippen molar-refractivity contribution in [3.05, 3.63) is 57.4 Å². The third-order valence-corrected chi connectivity index (χ3v) is 7.00. The number of Topliss-reactive ketones (excluding diaryl/α,β-unsaturated/α-hetero) is 1. The van der Waals surface area contributed by atoms with Crippen LogP contribution in [0.15, 0.2) is 18.5 Å². The number of hydrogen-bond donors (Lipinski definition) is 3. The molecule has 162 valence electrons. The first-order valence-electron chi connectivity index (χ1n) is 10.5. The van der Waals surface area contributed by atoms with Gasteiger partial charge in [0.05, 0.1) is 22.5 Å². The Kier molecular flexibility index (Phi) is 4.02. The van der Waals surface area contributed by atoms with Crippen molar-refractivity contribution in [2.75, 3.05) is 11.9 Å². The molecule has 3 aliphatic rings. The van der Waals surface area contributed by atoms with E-state index >= 15 is 4.39 Å². The molecule has 3 N–H and O–H groups in total. The molecule has 2 aliphatic carbocycles. The standard InChI is InChI=1S/C23H19ClFN5O2/c1-10(31)13-8-26-15(24)6-14(13)29-21-18(25)16-11(7-27-21)2-3-12-17-20(30-19(12)16)23(4-5-23)9-28-22(17)32/h6-8,30H,2-5,9H2,1H3,(H,28,32)(H,26,27,29). The van der Waals surface area contributed by atoms with Crippen LogP contribution in [0.4, 0.5) is 15.9 Å². The van der Waals surface area contributed by atoms with E-state index in [1.807, 2.05) is 0 Å². The molecule has 6 rings (SSSR count). The fraction of sp³-hybridized carbons (Fsp3) is 0.304. The fourth-order valence-electron chi connectivity index (χ4n) is 4.93. The Morgan fingerprint density at radius 3 is 2.78 bits per heavy atom. The average molecular weight is 452 g/mol. The lowest BCUT2D eigenvalue weighted by Gasteiger charge is -2.23. The van der Waals surface area contributed by atoms with Gasteiger partial charge in [0.2, 0.25) is 0 Å². The summed E-state index contributed by atoms with van der Waals surface area (Å²) in [5.41, 5.74) is 4.92. The van der Waals surface area contributed by atoms with Crippen molar-refractivity contribution >= 4 is 34.8 Å². The lowest BCUT2D eigenvalue weighted by molar-refractivity contribution is 0.0935. The predicted molar refractivity (Wildman–Crippen MR) is 117 cm³/mol. The van der Waals surface area contributed by atoms with Gasteiger partial charge in [-0.1, -0.05) is 11.6 Å². The van der Waals surface area contributed by atoms with Gasteiger partial charge >= 0.3 is 0 Å². The van der Waals surface area contributed by atoms with Crippen LogP contribution in [0.3, 0.4) is 0 Å². The number of rotatable bonds is 3. The number of carbonyl (C=O) groups excluding carboxylic acids is 2. The Balaban J connectivity index is 1.49. The third-order valence-electron chi connectivity index (χ3n) is 6.80. The number of carbonyl (C=O) groups is 2. The topological polar surface area (TPSA) is 99.8 Å². The summed E-state index contributed by atoms with van der Waals surface area (Å²) in [4.78, 5) is 36.3. The molecule has 0 atom stereocenters. The van der Waals surface area contributed by atoms with Gasteiger partial charge in [0.25, 0.3) is 5.91 Å². The lowest BCUT2D eigenvalue weighted by Crippen LogP contribution is -2.39. The minimum Gasteiger partial charge on any atom is -0.357 e. The average Bonchev–Trinajstić information content (AvgIpc) is 3.43. The maximum Gasteiger partial charge on any atom is 0.253 e. The highest BCUT2D eigenvalue weighted by molar-refractivity contribution is 6.29. The van der Waals surface area contributed by atoms with E-state index in [1.54, 1.807) is 6.20 Å². The molecule has 1 aliphatic heterocycles. The molecule has 3 aromatic heterocycles. The first-order valence-corrected chi connectivity index (χ1v) is 10.9. The maximum absolute atomic E-state index is 15.8. The fourth-order valence-corrected chi connectivity index (χ4v) is 5.08. The molecule has 1 spiro atoms. The number of fused-ring (bicyclic) bond motifs is 6. The molecule has 0 saturated heterocycles. The van der Waals surface area contributed by atoms with E-state index in [4.69, 9.17) is 11.6 Å². The summed E-state index contributed by atoms with van der Waals surface area (Å²) in [6.45, 7) is 2.02. The van der Waals surface area contributed by atoms with Crippen LogP contribution < -0.4 is 10.6 Å². The smallest absolute Gasteiger partial charge is 0.253 e. The van der Waals surface area contributed by atoms with Gasteiger partial charge in [-0.25, -0.2) is 14.4 Å². The Morgan fingerprint density at radius 2 is 2.03 bits per heavy atom. The number of H-pyrrole nitrogens is 1. The van der Waals surface area contributed by atoms with Gasteiger partial charge in [-0.2, -0.15) is 0 Å². The monoisotopic (exact) mass is 451 g/mol. The Morgan fingerprint density at radius 1 is 1.22 bits per heavy atom. The summed E-state index contributed by atoms with van der Waals surface area (Å²) in [5.74, 6) is -0.867. The summed E-state index contributed by atoms with van der Waals surface area (Å²) in [7, 11) is 0. The summed E-state index contributed by atoms with van der Waals surface area (Å²) in [6, 6.07) is 1.47. The van der Waals surface area contributed by atoms with Gasteiger partial charge in [-0.3, -0.25) is 9.59 Å². The van der Waals surface area contributed by atoms with Gasteiger partial charge < -0.3 is 15.6 Å². The molecule has 1 saturated carbocycles. The van der Waals surface area contributed by atoms with Crippen LogP contribution in [0.1, 0.15) is 57.3 Å². The number of ketones is 1. The van der Waals surface area contributed by atoms with Crippen molar-refractivity contribution in [1.82, 2.24) is 20.3 Å². The zero-order valence-electron chi connectivity index (χ0n) is 17.2. The molecule has 4 heterocycles. The van der Waals surface area contributed by atoms with Crippen LogP contribution in [0.5, 0.6) is 0 Å². The Bertz CT molecular complexity index is 1340. The molecule has 7 nitrogen and oxygen atoms in total. The number of anilines is 2. The molecular weight excluding hydrogens is 433 g/mol. The van der Waals surface area contributed by atoms with E-state index < -0.39 is 5.82 Å². The second-order valence-electron chi connectivity index (χ2n) is 8.75. The molecule has 0 unspecified atom stereocenters. The molecule has 32 heavy (non-hydrogen) atoms. The number of nitrogens with one attached hydrogen (secondary N) is 3. The molecule has 0 aromatic carbocycles. The first-order chi connectivity index (χ1) is 15.4. The highest BCUT2D eigenvalue weighted by Gasteiger charge is 2.51. The normalized spacial score (nSPS) is 17.3. The van der Waals surface area contributed by atoms with E-state index in [0.717, 1.165) is 29.7 Å². The van der Waals surface area contributed by atoms with Gasteiger partial charge in [0.15, 0.2) is 17.4 Å². The minimum absolute atomic E-state index is 0.0143. The summed E-state index contributed by atoms with van der Waals surface area (Å²) in [5, 5.41) is 6.10. The summed E-state index contributed by atoms with van der Waals surface area (Å²) >= 11 is 5.99. The molecule has 9 heteroatoms. The van der Waals surface area contributed by atoms with Crippen LogP contribution in [0.2, 0.25) is 5.15 Å². The summed E-state index contributed by atoms with van der Waals surface area (Å²) in [6.07, 6.45) is 6.27. The van der Waals surface area contributed by atoms with Crippen molar-refractivity contribution in [1.29, 1.82) is 0 Å². The second-order valence-corrected chi connectivity index (χ2v) is 9.13. The summed E-state index contributed by atoms with van der Waals surface area (Å²) < 4.78 is 15.8. The number of aromatic nitrogens is 3. The number of aryl methyl sites for hydroxylation is 1. The molecule has 0 radical (unpaired) electrons. The second kappa shape index (κ2) is 6.62. The SMILES string of the molecule is CC(=O)c1cnc(Cl)cc1Nc1ncc2c(c1F)-c1[nH]c3c(c1CC2)C(=O)NCC31CC1. The number of aromatic amines is 1. The van der Waals surface area contributed by atoms with Crippen molar-refractivity contribution in [3.63, 3.8) is 0 Å². The van der Waals surface area contributed by atoms with E-state index in [2.05, 4.69) is 25.6 Å². The van der Waals surface area contributed by atoms with Gasteiger partial charge in [-0.05, 0) is 49.8 Å². The molecule has 3 aromatic rings. The first kappa shape index (κ1) is 19.4. The van der Waals surface area contributed by atoms with Crippen molar-refractivity contribution in [2.24, 2.45) is 0 Å². The number of amides is 1. The minimum atomic E-state index is -0.533. The van der Waals surface area contributed by atoms with Crippen LogP contribution in [0.25, 0.3) is 11.3 Å². The van der Waals surface area contributed by atoms with E-state index in [0.29, 0.717) is 41.9 Å². The van der Waals surface area contributed by atoms with Crippen LogP contribution in [0, 0.1) is 5.82 Å². The Labute approximate surface area is 187 Å². The molecular formula is C23H19ClFN5O2. The highest BCUT2D eigenvalue weighted by atomic mass is 35.5. The van der Waals surface area contributed by atoms with E-state index in [1.165, 1.54) is 19.2 Å². The number of hydrogen-bond acceptors (Lipinski definition) is 5. The number of halogens is 2. The van der Waals surface area contributed by atoms with Crippen LogP contribution >= 0.6 is 11.6 Å². The van der Waals surface area contributed by atoms with Crippen molar-refractivity contribution < 1.29 is 14.0 Å². The van der Waals surface area contributed by atoms with Gasteiger partial charge in [-0.15, -0.1) is 0 Å². The maximum atomic E-state index is 15.8. The highest BCUT2D eigenvalue weighted by Crippen LogP contribution is 2.53.